The first-order valence-electron chi connectivity index (χ1n) is 9.98. The number of carbonyl (C=O) groups excluding carboxylic acids is 4. The molecule has 4 atom stereocenters. The zero-order valence-corrected chi connectivity index (χ0v) is 17.8. The van der Waals surface area contributed by atoms with Crippen molar-refractivity contribution >= 4 is 35.6 Å². The van der Waals surface area contributed by atoms with Crippen LogP contribution in [0.5, 0.6) is 0 Å². The van der Waals surface area contributed by atoms with Gasteiger partial charge >= 0.3 is 11.9 Å². The Balaban J connectivity index is 5.09. The molecule has 0 aliphatic rings. The fraction of sp³-hybridized carbons (Fsp3) is 0.667. The van der Waals surface area contributed by atoms with Gasteiger partial charge in [0.15, 0.2) is 0 Å². The van der Waals surface area contributed by atoms with Crippen LogP contribution in [0.1, 0.15) is 45.4 Å². The van der Waals surface area contributed by atoms with Gasteiger partial charge in [-0.15, -0.1) is 0 Å². The average Bonchev–Trinajstić information content (AvgIpc) is 2.68. The largest absolute Gasteiger partial charge is 0.481 e. The lowest BCUT2D eigenvalue weighted by Crippen LogP contribution is -2.56. The fourth-order valence-corrected chi connectivity index (χ4v) is 2.55. The van der Waals surface area contributed by atoms with Gasteiger partial charge < -0.3 is 43.4 Å². The summed E-state index contributed by atoms with van der Waals surface area (Å²) in [4.78, 5) is 70.0. The summed E-state index contributed by atoms with van der Waals surface area (Å²) < 4.78 is 0. The molecule has 0 aromatic carbocycles. The lowest BCUT2D eigenvalue weighted by molar-refractivity contribution is -0.142. The Kier molecular flexibility index (Phi) is 13.2. The number of nitrogens with one attached hydrogen (secondary N) is 3. The molecule has 0 spiro atoms. The summed E-state index contributed by atoms with van der Waals surface area (Å²) in [7, 11) is 0. The smallest absolute Gasteiger partial charge is 0.326 e. The first-order chi connectivity index (χ1) is 14.9. The normalized spacial score (nSPS) is 14.3. The van der Waals surface area contributed by atoms with Crippen LogP contribution in [0.15, 0.2) is 0 Å². The van der Waals surface area contributed by atoms with Gasteiger partial charge in [0.05, 0.1) is 12.5 Å². The van der Waals surface area contributed by atoms with Gasteiger partial charge in [-0.2, -0.15) is 0 Å². The third-order valence-corrected chi connectivity index (χ3v) is 4.35. The number of carboxylic acid groups (broad SMARTS) is 2. The van der Waals surface area contributed by atoms with Gasteiger partial charge in [-0.3, -0.25) is 24.0 Å². The van der Waals surface area contributed by atoms with Gasteiger partial charge in [0.1, 0.15) is 18.1 Å². The van der Waals surface area contributed by atoms with E-state index in [9.17, 15) is 33.9 Å². The highest BCUT2D eigenvalue weighted by Gasteiger charge is 2.28. The van der Waals surface area contributed by atoms with Crippen molar-refractivity contribution in [2.75, 3.05) is 6.54 Å². The monoisotopic (exact) mass is 460 g/mol. The van der Waals surface area contributed by atoms with Gasteiger partial charge in [0.2, 0.25) is 23.6 Å². The Morgan fingerprint density at radius 1 is 0.844 bits per heavy atom. The Morgan fingerprint density at radius 2 is 1.44 bits per heavy atom. The van der Waals surface area contributed by atoms with Gasteiger partial charge in [0.25, 0.3) is 0 Å². The van der Waals surface area contributed by atoms with Crippen LogP contribution in [0.4, 0.5) is 0 Å². The van der Waals surface area contributed by atoms with Crippen molar-refractivity contribution in [1.29, 1.82) is 0 Å². The van der Waals surface area contributed by atoms with E-state index in [4.69, 9.17) is 22.3 Å². The predicted octanol–water partition coefficient (Wildman–Crippen LogP) is -3.26. The number of nitrogens with two attached hydrogens (primary N) is 3. The minimum atomic E-state index is -1.37. The van der Waals surface area contributed by atoms with E-state index in [-0.39, 0.29) is 12.8 Å². The van der Waals surface area contributed by atoms with Crippen molar-refractivity contribution in [3.63, 3.8) is 0 Å². The molecule has 0 fully saturated rings. The van der Waals surface area contributed by atoms with E-state index >= 15 is 0 Å². The maximum absolute atomic E-state index is 12.5. The number of primary amides is 1. The highest BCUT2D eigenvalue weighted by Crippen LogP contribution is 2.03. The third kappa shape index (κ3) is 11.8. The van der Waals surface area contributed by atoms with Crippen LogP contribution in [0.2, 0.25) is 0 Å². The van der Waals surface area contributed by atoms with E-state index in [0.29, 0.717) is 19.4 Å². The van der Waals surface area contributed by atoms with E-state index in [0.717, 1.165) is 0 Å². The molecular weight excluding hydrogens is 428 g/mol. The second kappa shape index (κ2) is 14.7. The summed E-state index contributed by atoms with van der Waals surface area (Å²) in [6.45, 7) is 1.67. The fourth-order valence-electron chi connectivity index (χ4n) is 2.55. The van der Waals surface area contributed by atoms with Gasteiger partial charge in [-0.25, -0.2) is 4.79 Å². The highest BCUT2D eigenvalue weighted by molar-refractivity contribution is 5.95. The van der Waals surface area contributed by atoms with Crippen molar-refractivity contribution < 1.29 is 39.0 Å². The number of hydrogen-bond donors (Lipinski definition) is 8. The summed E-state index contributed by atoms with van der Waals surface area (Å²) >= 11 is 0. The Morgan fingerprint density at radius 3 is 1.94 bits per heavy atom. The molecule has 14 nitrogen and oxygen atoms in total. The summed E-state index contributed by atoms with van der Waals surface area (Å²) in [6.07, 6.45) is -0.0850. The SMILES string of the molecule is C[C@H](NC(=O)[C@H](CCC(=O)O)NC(=O)[C@@H](N)CC(N)=O)C(=O)N[C@@H](CCCCN)C(=O)O. The summed E-state index contributed by atoms with van der Waals surface area (Å²) in [5.41, 5.74) is 15.9. The lowest BCUT2D eigenvalue weighted by Gasteiger charge is -2.23. The molecule has 0 aromatic heterocycles. The molecule has 11 N–H and O–H groups in total. The van der Waals surface area contributed by atoms with Crippen LogP contribution in [-0.4, -0.2) is 76.5 Å². The second-order valence-electron chi connectivity index (χ2n) is 7.18. The van der Waals surface area contributed by atoms with Crippen molar-refractivity contribution in [3.8, 4) is 0 Å². The minimum Gasteiger partial charge on any atom is -0.481 e. The molecule has 0 aliphatic heterocycles. The molecule has 182 valence electrons. The van der Waals surface area contributed by atoms with Crippen LogP contribution in [0, 0.1) is 0 Å². The topological polar surface area (TPSA) is 257 Å². The summed E-state index contributed by atoms with van der Waals surface area (Å²) in [6, 6.07) is -5.09. The lowest BCUT2D eigenvalue weighted by atomic mass is 10.1. The molecule has 0 unspecified atom stereocenters. The minimum absolute atomic E-state index is 0.147. The third-order valence-electron chi connectivity index (χ3n) is 4.35. The van der Waals surface area contributed by atoms with Gasteiger partial charge in [0, 0.05) is 6.42 Å². The maximum atomic E-state index is 12.5. The van der Waals surface area contributed by atoms with E-state index in [1.54, 1.807) is 0 Å². The molecule has 0 radical (unpaired) electrons. The molecule has 0 saturated heterocycles. The highest BCUT2D eigenvalue weighted by atomic mass is 16.4. The Labute approximate surface area is 184 Å². The Bertz CT molecular complexity index is 701. The van der Waals surface area contributed by atoms with Gasteiger partial charge in [-0.1, -0.05) is 0 Å². The molecule has 0 aliphatic carbocycles. The molecule has 0 aromatic rings. The summed E-state index contributed by atoms with van der Waals surface area (Å²) in [5, 5.41) is 24.9. The molecule has 14 heteroatoms. The van der Waals surface area contributed by atoms with Gasteiger partial charge in [-0.05, 0) is 39.2 Å². The van der Waals surface area contributed by atoms with E-state index in [1.165, 1.54) is 6.92 Å². The zero-order valence-electron chi connectivity index (χ0n) is 17.8. The van der Waals surface area contributed by atoms with E-state index in [2.05, 4.69) is 16.0 Å². The van der Waals surface area contributed by atoms with Crippen LogP contribution in [-0.2, 0) is 28.8 Å². The second-order valence-corrected chi connectivity index (χ2v) is 7.18. The first-order valence-corrected chi connectivity index (χ1v) is 9.98. The van der Waals surface area contributed by atoms with Crippen LogP contribution >= 0.6 is 0 Å². The number of rotatable bonds is 16. The molecule has 0 rings (SSSR count). The zero-order chi connectivity index (χ0) is 24.8. The predicted molar refractivity (Wildman–Crippen MR) is 111 cm³/mol. The number of amides is 4. The molecule has 32 heavy (non-hydrogen) atoms. The van der Waals surface area contributed by atoms with Crippen molar-refractivity contribution in [3.05, 3.63) is 0 Å². The standard InChI is InChI=1S/C18H32N6O8/c1-9(15(28)24-12(18(31)32)4-2-3-7-19)22-17(30)11(5-6-14(26)27)23-16(29)10(20)8-13(21)25/h9-12H,2-8,19-20H2,1H3,(H2,21,25)(H,22,30)(H,23,29)(H,24,28)(H,26,27)(H,31,32)/t9-,10-,11-,12-/m0/s1. The van der Waals surface area contributed by atoms with Crippen molar-refractivity contribution in [2.24, 2.45) is 17.2 Å². The van der Waals surface area contributed by atoms with E-state index in [1.807, 2.05) is 0 Å². The number of carboxylic acids is 2. The molecule has 0 heterocycles. The van der Waals surface area contributed by atoms with Crippen LogP contribution < -0.4 is 33.2 Å². The van der Waals surface area contributed by atoms with Crippen LogP contribution in [0.3, 0.4) is 0 Å². The number of aliphatic carboxylic acids is 2. The first kappa shape index (κ1) is 28.7. The molecule has 0 bridgehead atoms. The average molecular weight is 460 g/mol. The van der Waals surface area contributed by atoms with E-state index < -0.39 is 72.6 Å². The maximum Gasteiger partial charge on any atom is 0.326 e. The van der Waals surface area contributed by atoms with Crippen molar-refractivity contribution in [2.45, 2.75) is 69.6 Å². The molecular formula is C18H32N6O8. The van der Waals surface area contributed by atoms with Crippen LogP contribution in [0.25, 0.3) is 0 Å². The van der Waals surface area contributed by atoms with Crippen molar-refractivity contribution in [1.82, 2.24) is 16.0 Å². The quantitative estimate of drug-likeness (QED) is 0.107. The number of hydrogen-bond acceptors (Lipinski definition) is 8. The number of unbranched alkanes of at least 4 members (excludes halogenated alkanes) is 1. The molecule has 4 amide bonds. The number of carbonyl (C=O) groups is 6. The molecule has 0 saturated carbocycles. The summed E-state index contributed by atoms with van der Waals surface area (Å²) in [5.74, 6) is -5.90. The Hall–Kier alpha value is -3.26.